The summed E-state index contributed by atoms with van der Waals surface area (Å²) in [7, 11) is 0. The first kappa shape index (κ1) is 28.9. The van der Waals surface area contributed by atoms with Gasteiger partial charge in [0.05, 0.1) is 38.3 Å². The fraction of sp³-hybridized carbons (Fsp3) is 0.917. The van der Waals surface area contributed by atoms with Crippen LogP contribution in [-0.4, -0.2) is 51.6 Å². The summed E-state index contributed by atoms with van der Waals surface area (Å²) in [5, 5.41) is 0. The molecule has 0 aromatic heterocycles. The van der Waals surface area contributed by atoms with E-state index in [0.717, 1.165) is 64.2 Å². The Bertz CT molecular complexity index is 375. The van der Waals surface area contributed by atoms with Crippen LogP contribution in [0.1, 0.15) is 91.9 Å². The van der Waals surface area contributed by atoms with Gasteiger partial charge in [-0.3, -0.25) is 9.59 Å². The van der Waals surface area contributed by atoms with Crippen LogP contribution in [0.15, 0.2) is 0 Å². The van der Waals surface area contributed by atoms with Gasteiger partial charge >= 0.3 is 11.9 Å². The van der Waals surface area contributed by atoms with Crippen LogP contribution >= 0.6 is 0 Å². The van der Waals surface area contributed by atoms with Crippen molar-refractivity contribution in [2.45, 2.75) is 91.9 Å². The zero-order valence-electron chi connectivity index (χ0n) is 19.9. The molecular formula is C24H46O6. The third-order valence-electron chi connectivity index (χ3n) is 5.07. The molecule has 0 aromatic rings. The van der Waals surface area contributed by atoms with E-state index in [1.165, 1.54) is 0 Å². The first-order chi connectivity index (χ1) is 14.6. The second-order valence-corrected chi connectivity index (χ2v) is 7.82. The van der Waals surface area contributed by atoms with Crippen molar-refractivity contribution in [2.75, 3.05) is 39.6 Å². The average Bonchev–Trinajstić information content (AvgIpc) is 2.74. The first-order valence-corrected chi connectivity index (χ1v) is 12.1. The Morgan fingerprint density at radius 1 is 0.533 bits per heavy atom. The van der Waals surface area contributed by atoms with Crippen molar-refractivity contribution in [1.82, 2.24) is 0 Å². The number of ether oxygens (including phenoxy) is 4. The molecule has 2 unspecified atom stereocenters. The molecule has 2 atom stereocenters. The highest BCUT2D eigenvalue weighted by molar-refractivity contribution is 5.72. The summed E-state index contributed by atoms with van der Waals surface area (Å²) in [5.74, 6) is -0.181. The Morgan fingerprint density at radius 3 is 1.23 bits per heavy atom. The molecule has 0 spiro atoms. The Hall–Kier alpha value is -1.14. The molecule has 0 aromatic carbocycles. The minimum Gasteiger partial charge on any atom is -0.463 e. The van der Waals surface area contributed by atoms with Crippen molar-refractivity contribution >= 4 is 11.9 Å². The van der Waals surface area contributed by atoms with Gasteiger partial charge in [-0.2, -0.15) is 0 Å². The number of carbonyl (C=O) groups is 2. The molecule has 0 N–H and O–H groups in total. The summed E-state index contributed by atoms with van der Waals surface area (Å²) in [6.07, 6.45) is 9.85. The first-order valence-electron chi connectivity index (χ1n) is 12.1. The van der Waals surface area contributed by atoms with Gasteiger partial charge in [0, 0.05) is 0 Å². The molecule has 178 valence electrons. The van der Waals surface area contributed by atoms with Gasteiger partial charge in [0.2, 0.25) is 0 Å². The van der Waals surface area contributed by atoms with Crippen LogP contribution in [0, 0.1) is 11.8 Å². The van der Waals surface area contributed by atoms with Crippen LogP contribution < -0.4 is 0 Å². The summed E-state index contributed by atoms with van der Waals surface area (Å²) < 4.78 is 21.5. The summed E-state index contributed by atoms with van der Waals surface area (Å²) in [4.78, 5) is 24.2. The van der Waals surface area contributed by atoms with Gasteiger partial charge in [0.25, 0.3) is 0 Å². The van der Waals surface area contributed by atoms with Crippen LogP contribution in [0.5, 0.6) is 0 Å². The second-order valence-electron chi connectivity index (χ2n) is 7.82. The Kier molecular flexibility index (Phi) is 20.3. The quantitative estimate of drug-likeness (QED) is 0.181. The molecule has 0 saturated carbocycles. The zero-order valence-corrected chi connectivity index (χ0v) is 19.9. The molecule has 0 heterocycles. The maximum Gasteiger partial charge on any atom is 0.309 e. The number of hydrogen-bond acceptors (Lipinski definition) is 6. The van der Waals surface area contributed by atoms with Gasteiger partial charge in [0.15, 0.2) is 0 Å². The predicted molar refractivity (Wildman–Crippen MR) is 119 cm³/mol. The van der Waals surface area contributed by atoms with Gasteiger partial charge in [-0.25, -0.2) is 0 Å². The number of rotatable bonds is 21. The summed E-state index contributed by atoms with van der Waals surface area (Å²) in [5.41, 5.74) is 0. The van der Waals surface area contributed by atoms with E-state index in [4.69, 9.17) is 18.9 Å². The van der Waals surface area contributed by atoms with Crippen LogP contribution in [0.2, 0.25) is 0 Å². The van der Waals surface area contributed by atoms with E-state index in [2.05, 4.69) is 27.7 Å². The fourth-order valence-electron chi connectivity index (χ4n) is 3.32. The topological polar surface area (TPSA) is 71.1 Å². The molecule has 0 saturated heterocycles. The monoisotopic (exact) mass is 430 g/mol. The maximum absolute atomic E-state index is 12.1. The van der Waals surface area contributed by atoms with Gasteiger partial charge < -0.3 is 18.9 Å². The smallest absolute Gasteiger partial charge is 0.309 e. The lowest BCUT2D eigenvalue weighted by Gasteiger charge is -2.15. The molecule has 0 aliphatic carbocycles. The van der Waals surface area contributed by atoms with Crippen molar-refractivity contribution in [3.63, 3.8) is 0 Å². The highest BCUT2D eigenvalue weighted by atomic mass is 16.6. The normalized spacial score (nSPS) is 13.1. The van der Waals surface area contributed by atoms with E-state index in [0.29, 0.717) is 26.4 Å². The van der Waals surface area contributed by atoms with Crippen LogP contribution in [0.3, 0.4) is 0 Å². The Balaban J connectivity index is 3.68. The van der Waals surface area contributed by atoms with Gasteiger partial charge in [-0.15, -0.1) is 0 Å². The van der Waals surface area contributed by atoms with Crippen LogP contribution in [0.25, 0.3) is 0 Å². The summed E-state index contributed by atoms with van der Waals surface area (Å²) >= 11 is 0. The summed E-state index contributed by atoms with van der Waals surface area (Å²) in [6.45, 7) is 10.6. The highest BCUT2D eigenvalue weighted by Gasteiger charge is 2.19. The molecule has 30 heavy (non-hydrogen) atoms. The van der Waals surface area contributed by atoms with Crippen molar-refractivity contribution in [1.29, 1.82) is 0 Å². The Labute approximate surface area is 184 Å². The molecule has 0 aliphatic heterocycles. The highest BCUT2D eigenvalue weighted by Crippen LogP contribution is 2.17. The van der Waals surface area contributed by atoms with Crippen molar-refractivity contribution in [3.8, 4) is 0 Å². The van der Waals surface area contributed by atoms with Crippen LogP contribution in [0.4, 0.5) is 0 Å². The third kappa shape index (κ3) is 15.7. The molecule has 6 heteroatoms. The van der Waals surface area contributed by atoms with Crippen molar-refractivity contribution in [2.24, 2.45) is 11.8 Å². The van der Waals surface area contributed by atoms with Gasteiger partial charge in [0.1, 0.15) is 13.2 Å². The van der Waals surface area contributed by atoms with E-state index < -0.39 is 0 Å². The molecule has 0 bridgehead atoms. The third-order valence-corrected chi connectivity index (χ3v) is 5.07. The van der Waals surface area contributed by atoms with E-state index in [9.17, 15) is 9.59 Å². The standard InChI is InChI=1S/C24H46O6/c1-5-9-13-21(11-7-3)23(25)29-19-17-27-15-16-28-18-20-30-24(26)22(12-8-4)14-10-6-2/h21-22H,5-20H2,1-4H3. The largest absolute Gasteiger partial charge is 0.463 e. The molecular weight excluding hydrogens is 384 g/mol. The average molecular weight is 431 g/mol. The fourth-order valence-corrected chi connectivity index (χ4v) is 3.32. The lowest BCUT2D eigenvalue weighted by atomic mass is 9.97. The van der Waals surface area contributed by atoms with E-state index >= 15 is 0 Å². The van der Waals surface area contributed by atoms with E-state index in [-0.39, 0.29) is 37.0 Å². The van der Waals surface area contributed by atoms with E-state index in [1.54, 1.807) is 0 Å². The predicted octanol–water partition coefficient (Wildman–Crippen LogP) is 5.32. The molecule has 0 radical (unpaired) electrons. The number of esters is 2. The van der Waals surface area contributed by atoms with Gasteiger partial charge in [-0.1, -0.05) is 66.2 Å². The lowest BCUT2D eigenvalue weighted by molar-refractivity contribution is -0.152. The zero-order chi connectivity index (χ0) is 22.5. The molecule has 0 fully saturated rings. The number of hydrogen-bond donors (Lipinski definition) is 0. The van der Waals surface area contributed by atoms with Gasteiger partial charge in [-0.05, 0) is 25.7 Å². The second kappa shape index (κ2) is 21.1. The SMILES string of the molecule is CCCCC(CCC)C(=O)OCCOCCOCCOC(=O)C(CCC)CCCC. The summed E-state index contributed by atoms with van der Waals surface area (Å²) in [6, 6.07) is 0. The molecule has 0 rings (SSSR count). The lowest BCUT2D eigenvalue weighted by Crippen LogP contribution is -2.21. The molecule has 0 aliphatic rings. The maximum atomic E-state index is 12.1. The van der Waals surface area contributed by atoms with E-state index in [1.807, 2.05) is 0 Å². The Morgan fingerprint density at radius 2 is 0.900 bits per heavy atom. The minimum absolute atomic E-state index is 0.0138. The number of unbranched alkanes of at least 4 members (excludes halogenated alkanes) is 2. The number of carbonyl (C=O) groups excluding carboxylic acids is 2. The minimum atomic E-state index is -0.104. The van der Waals surface area contributed by atoms with Crippen molar-refractivity contribution < 1.29 is 28.5 Å². The molecule has 0 amide bonds. The van der Waals surface area contributed by atoms with Crippen LogP contribution in [-0.2, 0) is 28.5 Å². The molecule has 6 nitrogen and oxygen atoms in total. The van der Waals surface area contributed by atoms with Crippen molar-refractivity contribution in [3.05, 3.63) is 0 Å².